The van der Waals surface area contributed by atoms with Gasteiger partial charge in [0, 0.05) is 23.4 Å². The number of aryl methyl sites for hydroxylation is 1. The Morgan fingerprint density at radius 1 is 1.32 bits per heavy atom. The van der Waals surface area contributed by atoms with Crippen LogP contribution in [0.3, 0.4) is 0 Å². The highest BCUT2D eigenvalue weighted by Gasteiger charge is 2.08. The molecule has 1 aromatic heterocycles. The van der Waals surface area contributed by atoms with Crippen LogP contribution in [0.2, 0.25) is 5.02 Å². The van der Waals surface area contributed by atoms with E-state index < -0.39 is 0 Å². The molecule has 0 spiro atoms. The molecule has 0 atom stereocenters. The molecule has 0 saturated carbocycles. The molecule has 7 heteroatoms. The van der Waals surface area contributed by atoms with Crippen LogP contribution in [0.15, 0.2) is 53.5 Å². The van der Waals surface area contributed by atoms with Gasteiger partial charge in [-0.25, -0.2) is 0 Å². The van der Waals surface area contributed by atoms with Gasteiger partial charge in [-0.2, -0.15) is 16.8 Å². The van der Waals surface area contributed by atoms with E-state index in [-0.39, 0.29) is 5.91 Å². The third kappa shape index (κ3) is 5.07. The Morgan fingerprint density at radius 2 is 2.14 bits per heavy atom. The number of fused-ring (bicyclic) bond motifs is 1. The standard InChI is InChI=1S/C21H21ClN2O2S2/c1-3-26-16-9-10-18-19(14-16)28-21(24(18)12-13-27-2)23-20(25)11-8-15-6-4-5-7-17(15)22/h4-11,14H,3,12-13H2,1-2H3/b11-8+,23-21?. The number of ether oxygens (including phenoxy) is 1. The summed E-state index contributed by atoms with van der Waals surface area (Å²) in [4.78, 5) is 17.5. The van der Waals surface area contributed by atoms with E-state index in [1.165, 1.54) is 17.4 Å². The van der Waals surface area contributed by atoms with Crippen LogP contribution in [0.25, 0.3) is 16.3 Å². The number of halogens is 1. The number of thioether (sulfide) groups is 1. The number of hydrogen-bond donors (Lipinski definition) is 0. The number of benzene rings is 2. The summed E-state index contributed by atoms with van der Waals surface area (Å²) in [5.41, 5.74) is 1.85. The van der Waals surface area contributed by atoms with Crippen molar-refractivity contribution in [2.24, 2.45) is 4.99 Å². The minimum Gasteiger partial charge on any atom is -0.494 e. The van der Waals surface area contributed by atoms with Crippen molar-refractivity contribution in [3.05, 3.63) is 63.9 Å². The molecule has 1 amide bonds. The number of carbonyl (C=O) groups excluding carboxylic acids is 1. The SMILES string of the molecule is CCOc1ccc2c(c1)sc(=NC(=O)/C=C/c1ccccc1Cl)n2CCSC. The van der Waals surface area contributed by atoms with Gasteiger partial charge in [0.15, 0.2) is 4.80 Å². The van der Waals surface area contributed by atoms with Crippen molar-refractivity contribution >= 4 is 56.9 Å². The van der Waals surface area contributed by atoms with Crippen molar-refractivity contribution in [2.45, 2.75) is 13.5 Å². The summed E-state index contributed by atoms with van der Waals surface area (Å²) in [7, 11) is 0. The first-order chi connectivity index (χ1) is 13.6. The van der Waals surface area contributed by atoms with Crippen molar-refractivity contribution in [3.63, 3.8) is 0 Å². The molecule has 3 aromatic rings. The Labute approximate surface area is 177 Å². The van der Waals surface area contributed by atoms with E-state index in [9.17, 15) is 4.79 Å². The van der Waals surface area contributed by atoms with E-state index in [1.54, 1.807) is 23.9 Å². The van der Waals surface area contributed by atoms with Crippen LogP contribution in [0.4, 0.5) is 0 Å². The van der Waals surface area contributed by atoms with Gasteiger partial charge >= 0.3 is 0 Å². The van der Waals surface area contributed by atoms with Gasteiger partial charge in [-0.15, -0.1) is 0 Å². The highest BCUT2D eigenvalue weighted by Crippen LogP contribution is 2.24. The van der Waals surface area contributed by atoms with Gasteiger partial charge in [0.1, 0.15) is 5.75 Å². The van der Waals surface area contributed by atoms with Crippen LogP contribution in [0, 0.1) is 0 Å². The minimum absolute atomic E-state index is 0.311. The van der Waals surface area contributed by atoms with E-state index in [1.807, 2.05) is 43.3 Å². The van der Waals surface area contributed by atoms with Gasteiger partial charge in [0.25, 0.3) is 5.91 Å². The average Bonchev–Trinajstić information content (AvgIpc) is 3.02. The van der Waals surface area contributed by atoms with Gasteiger partial charge in [-0.3, -0.25) is 4.79 Å². The fraction of sp³-hybridized carbons (Fsp3) is 0.238. The zero-order valence-corrected chi connectivity index (χ0v) is 18.1. The summed E-state index contributed by atoms with van der Waals surface area (Å²) in [6, 6.07) is 13.4. The van der Waals surface area contributed by atoms with Crippen molar-refractivity contribution in [1.82, 2.24) is 4.57 Å². The van der Waals surface area contributed by atoms with Gasteiger partial charge in [0.05, 0.1) is 16.8 Å². The van der Waals surface area contributed by atoms with E-state index in [4.69, 9.17) is 16.3 Å². The molecule has 4 nitrogen and oxygen atoms in total. The lowest BCUT2D eigenvalue weighted by atomic mass is 10.2. The summed E-state index contributed by atoms with van der Waals surface area (Å²) in [5.74, 6) is 1.45. The average molecular weight is 433 g/mol. The number of thiazole rings is 1. The Hall–Kier alpha value is -2.02. The summed E-state index contributed by atoms with van der Waals surface area (Å²) < 4.78 is 8.74. The lowest BCUT2D eigenvalue weighted by Crippen LogP contribution is -2.17. The Morgan fingerprint density at radius 3 is 2.89 bits per heavy atom. The van der Waals surface area contributed by atoms with Crippen LogP contribution in [-0.2, 0) is 11.3 Å². The zero-order chi connectivity index (χ0) is 19.9. The predicted octanol–water partition coefficient (Wildman–Crippen LogP) is 5.26. The van der Waals surface area contributed by atoms with E-state index in [0.717, 1.165) is 33.8 Å². The van der Waals surface area contributed by atoms with Gasteiger partial charge in [-0.05, 0) is 49.1 Å². The lowest BCUT2D eigenvalue weighted by Gasteiger charge is -2.05. The van der Waals surface area contributed by atoms with Crippen LogP contribution in [0.1, 0.15) is 12.5 Å². The third-order valence-electron chi connectivity index (χ3n) is 4.00. The summed E-state index contributed by atoms with van der Waals surface area (Å²) in [6.45, 7) is 3.36. The molecule has 0 aliphatic carbocycles. The Kier molecular flexibility index (Phi) is 7.36. The molecule has 146 valence electrons. The molecule has 0 fully saturated rings. The topological polar surface area (TPSA) is 43.6 Å². The first-order valence-electron chi connectivity index (χ1n) is 8.88. The van der Waals surface area contributed by atoms with E-state index in [0.29, 0.717) is 16.4 Å². The number of carbonyl (C=O) groups is 1. The molecule has 0 N–H and O–H groups in total. The van der Waals surface area contributed by atoms with Crippen LogP contribution in [0.5, 0.6) is 5.75 Å². The summed E-state index contributed by atoms with van der Waals surface area (Å²) in [5, 5.41) is 0.604. The fourth-order valence-corrected chi connectivity index (χ4v) is 4.35. The molecule has 0 radical (unpaired) electrons. The van der Waals surface area contributed by atoms with Crippen molar-refractivity contribution in [2.75, 3.05) is 18.6 Å². The second kappa shape index (κ2) is 9.96. The molecule has 2 aromatic carbocycles. The van der Waals surface area contributed by atoms with Crippen LogP contribution in [-0.4, -0.2) is 29.1 Å². The lowest BCUT2D eigenvalue weighted by molar-refractivity contribution is -0.113. The highest BCUT2D eigenvalue weighted by atomic mass is 35.5. The van der Waals surface area contributed by atoms with E-state index in [2.05, 4.69) is 15.8 Å². The quantitative estimate of drug-likeness (QED) is 0.478. The molecule has 1 heterocycles. The Balaban J connectivity index is 1.97. The number of rotatable bonds is 7. The van der Waals surface area contributed by atoms with Crippen molar-refractivity contribution in [1.29, 1.82) is 0 Å². The fourth-order valence-electron chi connectivity index (χ4n) is 2.70. The predicted molar refractivity (Wildman–Crippen MR) is 120 cm³/mol. The maximum absolute atomic E-state index is 12.4. The molecule has 3 rings (SSSR count). The van der Waals surface area contributed by atoms with Gasteiger partial charge in [-0.1, -0.05) is 41.1 Å². The molecule has 28 heavy (non-hydrogen) atoms. The monoisotopic (exact) mass is 432 g/mol. The van der Waals surface area contributed by atoms with Crippen molar-refractivity contribution < 1.29 is 9.53 Å². The van der Waals surface area contributed by atoms with Crippen LogP contribution >= 0.6 is 34.7 Å². The van der Waals surface area contributed by atoms with Gasteiger partial charge < -0.3 is 9.30 Å². The normalized spacial score (nSPS) is 12.2. The second-order valence-corrected chi connectivity index (χ2v) is 8.30. The first-order valence-corrected chi connectivity index (χ1v) is 11.5. The molecule has 0 unspecified atom stereocenters. The molecule has 0 aliphatic heterocycles. The minimum atomic E-state index is -0.311. The zero-order valence-electron chi connectivity index (χ0n) is 15.7. The molecule has 0 aliphatic rings. The molecular weight excluding hydrogens is 412 g/mol. The number of aromatic nitrogens is 1. The Bertz CT molecular complexity index is 1070. The molecular formula is C21H21ClN2O2S2. The number of nitrogens with zero attached hydrogens (tertiary/aromatic N) is 2. The second-order valence-electron chi connectivity index (χ2n) is 5.90. The number of amides is 1. The molecule has 0 bridgehead atoms. The molecule has 0 saturated heterocycles. The van der Waals surface area contributed by atoms with Gasteiger partial charge in [0.2, 0.25) is 0 Å². The van der Waals surface area contributed by atoms with Crippen LogP contribution < -0.4 is 9.54 Å². The smallest absolute Gasteiger partial charge is 0.272 e. The maximum Gasteiger partial charge on any atom is 0.272 e. The summed E-state index contributed by atoms with van der Waals surface area (Å²) >= 11 is 9.39. The summed E-state index contributed by atoms with van der Waals surface area (Å²) in [6.07, 6.45) is 5.22. The highest BCUT2D eigenvalue weighted by molar-refractivity contribution is 7.98. The number of hydrogen-bond acceptors (Lipinski definition) is 4. The van der Waals surface area contributed by atoms with Crippen molar-refractivity contribution in [3.8, 4) is 5.75 Å². The first kappa shape index (κ1) is 20.7. The third-order valence-corrected chi connectivity index (χ3v) is 5.98. The maximum atomic E-state index is 12.4. The van der Waals surface area contributed by atoms with E-state index >= 15 is 0 Å². The largest absolute Gasteiger partial charge is 0.494 e.